The van der Waals surface area contributed by atoms with E-state index in [9.17, 15) is 4.79 Å². The van der Waals surface area contributed by atoms with Crippen LogP contribution in [0, 0.1) is 13.8 Å². The molecular formula is C16H24N2O2. The van der Waals surface area contributed by atoms with Gasteiger partial charge in [0.2, 0.25) is 5.91 Å². The normalized spacial score (nSPS) is 18.8. The van der Waals surface area contributed by atoms with E-state index in [1.807, 2.05) is 26.0 Å². The third-order valence-corrected chi connectivity index (χ3v) is 4.00. The van der Waals surface area contributed by atoms with Crippen molar-refractivity contribution in [3.05, 3.63) is 23.3 Å². The highest BCUT2D eigenvalue weighted by atomic mass is 16.5. The number of anilines is 2. The Kier molecular flexibility index (Phi) is 5.01. The lowest BCUT2D eigenvalue weighted by molar-refractivity contribution is -0.117. The molecule has 3 N–H and O–H groups in total. The van der Waals surface area contributed by atoms with Gasteiger partial charge in [-0.15, -0.1) is 0 Å². The minimum Gasteiger partial charge on any atom is -0.397 e. The number of ether oxygens (including phenoxy) is 1. The first-order valence-electron chi connectivity index (χ1n) is 7.35. The number of nitrogens with one attached hydrogen (secondary N) is 1. The first-order chi connectivity index (χ1) is 9.58. The van der Waals surface area contributed by atoms with Crippen molar-refractivity contribution in [2.24, 2.45) is 0 Å². The molecule has 0 aliphatic carbocycles. The smallest absolute Gasteiger partial charge is 0.224 e. The fourth-order valence-electron chi connectivity index (χ4n) is 2.53. The van der Waals surface area contributed by atoms with Crippen molar-refractivity contribution in [3.63, 3.8) is 0 Å². The summed E-state index contributed by atoms with van der Waals surface area (Å²) in [5, 5.41) is 2.94. The standard InChI is InChI=1S/C16H24N2O2/c1-11-6-8-14(17)16(12(11)2)18-15(19)9-7-13-5-3-4-10-20-13/h6,8,13H,3-5,7,9-10,17H2,1-2H3,(H,18,19). The molecule has 1 amide bonds. The Labute approximate surface area is 120 Å². The van der Waals surface area contributed by atoms with Crippen LogP contribution in [0.1, 0.15) is 43.2 Å². The highest BCUT2D eigenvalue weighted by molar-refractivity contribution is 5.95. The Morgan fingerprint density at radius 2 is 2.20 bits per heavy atom. The van der Waals surface area contributed by atoms with E-state index in [1.54, 1.807) is 0 Å². The van der Waals surface area contributed by atoms with Crippen LogP contribution < -0.4 is 11.1 Å². The summed E-state index contributed by atoms with van der Waals surface area (Å²) in [4.78, 5) is 12.0. The van der Waals surface area contributed by atoms with Crippen molar-refractivity contribution < 1.29 is 9.53 Å². The van der Waals surface area contributed by atoms with Crippen LogP contribution in [-0.4, -0.2) is 18.6 Å². The predicted molar refractivity (Wildman–Crippen MR) is 81.8 cm³/mol. The number of aryl methyl sites for hydroxylation is 1. The third kappa shape index (κ3) is 3.73. The summed E-state index contributed by atoms with van der Waals surface area (Å²) in [7, 11) is 0. The molecule has 4 heteroatoms. The zero-order valence-corrected chi connectivity index (χ0v) is 12.4. The lowest BCUT2D eigenvalue weighted by Gasteiger charge is -2.22. The molecule has 1 fully saturated rings. The number of hydrogen-bond donors (Lipinski definition) is 2. The van der Waals surface area contributed by atoms with E-state index < -0.39 is 0 Å². The maximum Gasteiger partial charge on any atom is 0.224 e. The summed E-state index contributed by atoms with van der Waals surface area (Å²) in [6.45, 7) is 4.82. The molecule has 2 rings (SSSR count). The maximum atomic E-state index is 12.0. The first-order valence-corrected chi connectivity index (χ1v) is 7.35. The summed E-state index contributed by atoms with van der Waals surface area (Å²) >= 11 is 0. The van der Waals surface area contributed by atoms with Crippen LogP contribution >= 0.6 is 0 Å². The predicted octanol–water partition coefficient (Wildman–Crippen LogP) is 3.17. The van der Waals surface area contributed by atoms with Crippen molar-refractivity contribution in [3.8, 4) is 0 Å². The Balaban J connectivity index is 1.89. The van der Waals surface area contributed by atoms with Crippen LogP contribution in [0.3, 0.4) is 0 Å². The van der Waals surface area contributed by atoms with Crippen LogP contribution in [0.4, 0.5) is 11.4 Å². The summed E-state index contributed by atoms with van der Waals surface area (Å²) in [6, 6.07) is 3.80. The van der Waals surface area contributed by atoms with Crippen molar-refractivity contribution in [2.75, 3.05) is 17.7 Å². The van der Waals surface area contributed by atoms with Gasteiger partial charge < -0.3 is 15.8 Å². The minimum atomic E-state index is 0.0135. The van der Waals surface area contributed by atoms with Gasteiger partial charge in [0.25, 0.3) is 0 Å². The van der Waals surface area contributed by atoms with Gasteiger partial charge in [-0.05, 0) is 56.7 Å². The summed E-state index contributed by atoms with van der Waals surface area (Å²) in [5.41, 5.74) is 9.47. The Morgan fingerprint density at radius 1 is 1.40 bits per heavy atom. The molecule has 0 saturated carbocycles. The number of benzene rings is 1. The summed E-state index contributed by atoms with van der Waals surface area (Å²) in [6.07, 6.45) is 4.93. The van der Waals surface area contributed by atoms with Gasteiger partial charge in [-0.3, -0.25) is 4.79 Å². The molecule has 0 radical (unpaired) electrons. The molecule has 1 aliphatic rings. The SMILES string of the molecule is Cc1ccc(N)c(NC(=O)CCC2CCCCO2)c1C. The second-order valence-electron chi connectivity index (χ2n) is 5.55. The largest absolute Gasteiger partial charge is 0.397 e. The summed E-state index contributed by atoms with van der Waals surface area (Å²) < 4.78 is 5.64. The zero-order valence-electron chi connectivity index (χ0n) is 12.4. The summed E-state index contributed by atoms with van der Waals surface area (Å²) in [5.74, 6) is 0.0135. The van der Waals surface area contributed by atoms with Gasteiger partial charge in [0.15, 0.2) is 0 Å². The van der Waals surface area contributed by atoms with Crippen LogP contribution in [0.25, 0.3) is 0 Å². The van der Waals surface area contributed by atoms with Crippen molar-refractivity contribution >= 4 is 17.3 Å². The van der Waals surface area contributed by atoms with E-state index in [-0.39, 0.29) is 12.0 Å². The van der Waals surface area contributed by atoms with E-state index in [0.717, 1.165) is 42.7 Å². The first kappa shape index (κ1) is 14.9. The molecule has 0 aromatic heterocycles. The number of carbonyl (C=O) groups excluding carboxylic acids is 1. The van der Waals surface area contributed by atoms with Gasteiger partial charge in [-0.25, -0.2) is 0 Å². The Morgan fingerprint density at radius 3 is 2.90 bits per heavy atom. The number of nitrogens with two attached hydrogens (primary N) is 1. The molecular weight excluding hydrogens is 252 g/mol. The Hall–Kier alpha value is -1.55. The minimum absolute atomic E-state index is 0.0135. The maximum absolute atomic E-state index is 12.0. The molecule has 1 atom stereocenters. The van der Waals surface area contributed by atoms with E-state index >= 15 is 0 Å². The highest BCUT2D eigenvalue weighted by Crippen LogP contribution is 2.26. The molecule has 1 aromatic rings. The number of carbonyl (C=O) groups is 1. The molecule has 1 saturated heterocycles. The second kappa shape index (κ2) is 6.75. The van der Waals surface area contributed by atoms with Gasteiger partial charge in [0.1, 0.15) is 0 Å². The third-order valence-electron chi connectivity index (χ3n) is 4.00. The zero-order chi connectivity index (χ0) is 14.5. The van der Waals surface area contributed by atoms with Crippen LogP contribution in [0.15, 0.2) is 12.1 Å². The molecule has 110 valence electrons. The van der Waals surface area contributed by atoms with Gasteiger partial charge in [0, 0.05) is 13.0 Å². The molecule has 1 aliphatic heterocycles. The van der Waals surface area contributed by atoms with Crippen molar-refractivity contribution in [1.29, 1.82) is 0 Å². The monoisotopic (exact) mass is 276 g/mol. The van der Waals surface area contributed by atoms with E-state index in [2.05, 4.69) is 5.32 Å². The fourth-order valence-corrected chi connectivity index (χ4v) is 2.53. The molecule has 20 heavy (non-hydrogen) atoms. The van der Waals surface area contributed by atoms with Gasteiger partial charge in [-0.1, -0.05) is 6.07 Å². The molecule has 0 bridgehead atoms. The second-order valence-corrected chi connectivity index (χ2v) is 5.55. The quantitative estimate of drug-likeness (QED) is 0.830. The highest BCUT2D eigenvalue weighted by Gasteiger charge is 2.16. The Bertz CT molecular complexity index is 480. The van der Waals surface area contributed by atoms with Crippen molar-refractivity contribution in [2.45, 2.75) is 52.1 Å². The average molecular weight is 276 g/mol. The van der Waals surface area contributed by atoms with Crippen LogP contribution in [0.5, 0.6) is 0 Å². The van der Waals surface area contributed by atoms with Crippen LogP contribution in [-0.2, 0) is 9.53 Å². The van der Waals surface area contributed by atoms with Gasteiger partial charge >= 0.3 is 0 Å². The van der Waals surface area contributed by atoms with E-state index in [0.29, 0.717) is 12.1 Å². The van der Waals surface area contributed by atoms with Gasteiger partial charge in [0.05, 0.1) is 17.5 Å². The molecule has 1 aromatic carbocycles. The lowest BCUT2D eigenvalue weighted by Crippen LogP contribution is -2.22. The van der Waals surface area contributed by atoms with Gasteiger partial charge in [-0.2, -0.15) is 0 Å². The number of amides is 1. The molecule has 1 heterocycles. The number of nitrogen functional groups attached to an aromatic ring is 1. The molecule has 4 nitrogen and oxygen atoms in total. The van der Waals surface area contributed by atoms with Crippen molar-refractivity contribution in [1.82, 2.24) is 0 Å². The van der Waals surface area contributed by atoms with E-state index in [1.165, 1.54) is 6.42 Å². The average Bonchev–Trinajstić information content (AvgIpc) is 2.46. The number of rotatable bonds is 4. The lowest BCUT2D eigenvalue weighted by atomic mass is 10.0. The number of hydrogen-bond acceptors (Lipinski definition) is 3. The van der Waals surface area contributed by atoms with Crippen LogP contribution in [0.2, 0.25) is 0 Å². The molecule has 1 unspecified atom stereocenters. The topological polar surface area (TPSA) is 64.3 Å². The van der Waals surface area contributed by atoms with E-state index in [4.69, 9.17) is 10.5 Å². The fraction of sp³-hybridized carbons (Fsp3) is 0.562. The molecule has 0 spiro atoms.